The molecule has 2 aromatic rings. The van der Waals surface area contributed by atoms with Gasteiger partial charge in [-0.05, 0) is 50.1 Å². The predicted octanol–water partition coefficient (Wildman–Crippen LogP) is 3.46. The summed E-state index contributed by atoms with van der Waals surface area (Å²) in [4.78, 5) is 35.3. The summed E-state index contributed by atoms with van der Waals surface area (Å²) < 4.78 is 10.5. The van der Waals surface area contributed by atoms with Crippen LogP contribution < -0.4 is 10.1 Å². The van der Waals surface area contributed by atoms with E-state index >= 15 is 0 Å². The Morgan fingerprint density at radius 3 is 2.52 bits per heavy atom. The second-order valence-electron chi connectivity index (χ2n) is 6.18. The van der Waals surface area contributed by atoms with Gasteiger partial charge in [0.25, 0.3) is 5.91 Å². The lowest BCUT2D eigenvalue weighted by molar-refractivity contribution is -0.147. The van der Waals surface area contributed by atoms with E-state index in [1.54, 1.807) is 24.3 Å². The van der Waals surface area contributed by atoms with Crippen molar-refractivity contribution in [3.05, 3.63) is 59.2 Å². The number of esters is 1. The normalized spacial score (nSPS) is 10.2. The minimum atomic E-state index is -0.532. The number of carbonyl (C=O) groups excluding carboxylic acids is 3. The van der Waals surface area contributed by atoms with Gasteiger partial charge in [0.15, 0.2) is 12.4 Å². The van der Waals surface area contributed by atoms with Crippen LogP contribution in [0.1, 0.15) is 34.8 Å². The molecule has 0 unspecified atom stereocenters. The monoisotopic (exact) mass is 369 g/mol. The van der Waals surface area contributed by atoms with Crippen molar-refractivity contribution in [3.8, 4) is 5.75 Å². The topological polar surface area (TPSA) is 81.7 Å². The van der Waals surface area contributed by atoms with E-state index in [1.165, 1.54) is 6.92 Å². The summed E-state index contributed by atoms with van der Waals surface area (Å²) in [6.45, 7) is 5.05. The Bertz CT molecular complexity index is 844. The van der Waals surface area contributed by atoms with Gasteiger partial charge in [0.1, 0.15) is 5.75 Å². The smallest absolute Gasteiger partial charge is 0.309 e. The fourth-order valence-corrected chi connectivity index (χ4v) is 2.41. The number of ketones is 1. The molecule has 1 amide bonds. The molecule has 0 spiro atoms. The van der Waals surface area contributed by atoms with Crippen LogP contribution in [0.5, 0.6) is 5.75 Å². The maximum Gasteiger partial charge on any atom is 0.309 e. The summed E-state index contributed by atoms with van der Waals surface area (Å²) in [5.41, 5.74) is 2.85. The van der Waals surface area contributed by atoms with E-state index in [4.69, 9.17) is 9.47 Å². The molecule has 27 heavy (non-hydrogen) atoms. The van der Waals surface area contributed by atoms with Gasteiger partial charge in [0.2, 0.25) is 0 Å². The van der Waals surface area contributed by atoms with Crippen LogP contribution in [0.2, 0.25) is 0 Å². The first kappa shape index (κ1) is 20.2. The molecule has 0 aliphatic carbocycles. The lowest BCUT2D eigenvalue weighted by Crippen LogP contribution is -2.22. The van der Waals surface area contributed by atoms with E-state index in [0.29, 0.717) is 11.3 Å². The van der Waals surface area contributed by atoms with Gasteiger partial charge in [-0.2, -0.15) is 0 Å². The number of benzene rings is 2. The van der Waals surface area contributed by atoms with E-state index < -0.39 is 18.5 Å². The number of hydrogen-bond donors (Lipinski definition) is 1. The first-order valence-corrected chi connectivity index (χ1v) is 8.62. The summed E-state index contributed by atoms with van der Waals surface area (Å²) in [6, 6.07) is 12.5. The molecule has 0 bridgehead atoms. The van der Waals surface area contributed by atoms with Crippen LogP contribution >= 0.6 is 0 Å². The Labute approximate surface area is 158 Å². The van der Waals surface area contributed by atoms with Crippen LogP contribution in [-0.2, 0) is 14.3 Å². The summed E-state index contributed by atoms with van der Waals surface area (Å²) in [5, 5.41) is 2.57. The van der Waals surface area contributed by atoms with Crippen molar-refractivity contribution in [1.29, 1.82) is 0 Å². The number of amides is 1. The molecule has 2 aromatic carbocycles. The quantitative estimate of drug-likeness (QED) is 0.569. The van der Waals surface area contributed by atoms with E-state index in [0.717, 1.165) is 16.9 Å². The summed E-state index contributed by atoms with van der Waals surface area (Å²) >= 11 is 0. The molecule has 0 fully saturated rings. The van der Waals surface area contributed by atoms with E-state index in [2.05, 4.69) is 5.32 Å². The lowest BCUT2D eigenvalue weighted by atomic mass is 10.1. The molecular weight excluding hydrogens is 346 g/mol. The van der Waals surface area contributed by atoms with Crippen molar-refractivity contribution in [2.45, 2.75) is 27.2 Å². The number of hydrogen-bond acceptors (Lipinski definition) is 5. The second-order valence-corrected chi connectivity index (χ2v) is 6.18. The highest BCUT2D eigenvalue weighted by molar-refractivity contribution is 6.04. The molecule has 2 rings (SSSR count). The summed E-state index contributed by atoms with van der Waals surface area (Å²) in [7, 11) is 0. The second kappa shape index (κ2) is 9.52. The maximum atomic E-state index is 11.9. The van der Waals surface area contributed by atoms with Crippen LogP contribution in [0.4, 0.5) is 5.69 Å². The zero-order chi connectivity index (χ0) is 19.8. The van der Waals surface area contributed by atoms with Crippen molar-refractivity contribution >= 4 is 23.3 Å². The maximum absolute atomic E-state index is 11.9. The number of Topliss-reactive ketones (excluding diaryl/α,β-unsaturated/α-hetero) is 1. The largest absolute Gasteiger partial charge is 0.493 e. The molecule has 0 saturated heterocycles. The zero-order valence-corrected chi connectivity index (χ0v) is 15.7. The molecule has 0 atom stereocenters. The average Bonchev–Trinajstić information content (AvgIpc) is 2.63. The van der Waals surface area contributed by atoms with Gasteiger partial charge in [-0.3, -0.25) is 14.4 Å². The zero-order valence-electron chi connectivity index (χ0n) is 15.7. The van der Waals surface area contributed by atoms with Crippen LogP contribution in [0, 0.1) is 13.8 Å². The standard InChI is InChI=1S/C21H23NO5/c1-14-8-9-15(2)19(12-14)26-11-10-21(25)27-13-20(24)22-18-7-5-4-6-17(18)16(3)23/h4-9,12H,10-11,13H2,1-3H3,(H,22,24). The minimum Gasteiger partial charge on any atom is -0.493 e. The SMILES string of the molecule is CC(=O)c1ccccc1NC(=O)COC(=O)CCOc1cc(C)ccc1C. The fourth-order valence-electron chi connectivity index (χ4n) is 2.41. The highest BCUT2D eigenvalue weighted by atomic mass is 16.5. The van der Waals surface area contributed by atoms with Crippen LogP contribution in [-0.4, -0.2) is 30.9 Å². The Kier molecular flexibility index (Phi) is 7.11. The van der Waals surface area contributed by atoms with E-state index in [9.17, 15) is 14.4 Å². The van der Waals surface area contributed by atoms with Gasteiger partial charge in [0, 0.05) is 5.56 Å². The molecule has 142 valence electrons. The third-order valence-corrected chi connectivity index (χ3v) is 3.85. The predicted molar refractivity (Wildman–Crippen MR) is 102 cm³/mol. The minimum absolute atomic E-state index is 0.0324. The van der Waals surface area contributed by atoms with Gasteiger partial charge >= 0.3 is 5.97 Å². The first-order chi connectivity index (χ1) is 12.9. The van der Waals surface area contributed by atoms with E-state index in [-0.39, 0.29) is 18.8 Å². The molecule has 0 saturated carbocycles. The van der Waals surface area contributed by atoms with Gasteiger partial charge in [-0.1, -0.05) is 24.3 Å². The molecule has 1 N–H and O–H groups in total. The van der Waals surface area contributed by atoms with Crippen LogP contribution in [0.15, 0.2) is 42.5 Å². The average molecular weight is 369 g/mol. The van der Waals surface area contributed by atoms with Gasteiger partial charge < -0.3 is 14.8 Å². The van der Waals surface area contributed by atoms with Gasteiger partial charge in [-0.25, -0.2) is 0 Å². The Balaban J connectivity index is 1.76. The number of para-hydroxylation sites is 1. The van der Waals surface area contributed by atoms with Crippen molar-refractivity contribution in [1.82, 2.24) is 0 Å². The molecule has 0 aliphatic heterocycles. The van der Waals surface area contributed by atoms with Crippen molar-refractivity contribution in [3.63, 3.8) is 0 Å². The van der Waals surface area contributed by atoms with Crippen molar-refractivity contribution in [2.75, 3.05) is 18.5 Å². The highest BCUT2D eigenvalue weighted by Gasteiger charge is 2.12. The Hall–Kier alpha value is -3.15. The summed E-state index contributed by atoms with van der Waals surface area (Å²) in [5.74, 6) is -0.476. The third-order valence-electron chi connectivity index (χ3n) is 3.85. The molecule has 6 nitrogen and oxygen atoms in total. The lowest BCUT2D eigenvalue weighted by Gasteiger charge is -2.11. The van der Waals surface area contributed by atoms with Gasteiger partial charge in [0.05, 0.1) is 18.7 Å². The Morgan fingerprint density at radius 1 is 1.04 bits per heavy atom. The number of carbonyl (C=O) groups is 3. The number of ether oxygens (including phenoxy) is 2. The highest BCUT2D eigenvalue weighted by Crippen LogP contribution is 2.19. The fraction of sp³-hybridized carbons (Fsp3) is 0.286. The number of nitrogens with one attached hydrogen (secondary N) is 1. The Morgan fingerprint density at radius 2 is 1.78 bits per heavy atom. The van der Waals surface area contributed by atoms with Crippen molar-refractivity contribution in [2.24, 2.45) is 0 Å². The molecule has 6 heteroatoms. The number of rotatable bonds is 8. The third kappa shape index (κ3) is 6.26. The molecule has 0 radical (unpaired) electrons. The molecule has 0 aliphatic rings. The van der Waals surface area contributed by atoms with Crippen LogP contribution in [0.3, 0.4) is 0 Å². The van der Waals surface area contributed by atoms with Gasteiger partial charge in [-0.15, -0.1) is 0 Å². The molecule has 0 aromatic heterocycles. The molecular formula is C21H23NO5. The summed E-state index contributed by atoms with van der Waals surface area (Å²) in [6.07, 6.45) is 0.0324. The first-order valence-electron chi connectivity index (χ1n) is 8.62. The number of anilines is 1. The number of aryl methyl sites for hydroxylation is 2. The van der Waals surface area contributed by atoms with Crippen LogP contribution in [0.25, 0.3) is 0 Å². The van der Waals surface area contributed by atoms with E-state index in [1.807, 2.05) is 32.0 Å². The molecule has 0 heterocycles. The van der Waals surface area contributed by atoms with Crippen molar-refractivity contribution < 1.29 is 23.9 Å².